The van der Waals surface area contributed by atoms with E-state index in [0.29, 0.717) is 34.7 Å². The lowest BCUT2D eigenvalue weighted by molar-refractivity contribution is 0.186. The van der Waals surface area contributed by atoms with Crippen LogP contribution >= 0.6 is 39.1 Å². The molecule has 0 unspecified atom stereocenters. The van der Waals surface area contributed by atoms with Gasteiger partial charge in [-0.25, -0.2) is 0 Å². The second-order valence-electron chi connectivity index (χ2n) is 6.49. The highest BCUT2D eigenvalue weighted by atomic mass is 79.9. The van der Waals surface area contributed by atoms with Gasteiger partial charge in [-0.3, -0.25) is 0 Å². The zero-order valence-electron chi connectivity index (χ0n) is 14.9. The Morgan fingerprint density at radius 2 is 1.88 bits per heavy atom. The van der Waals surface area contributed by atoms with Crippen LogP contribution in [0.4, 0.5) is 0 Å². The van der Waals surface area contributed by atoms with Crippen LogP contribution in [0.15, 0.2) is 34.8 Å². The van der Waals surface area contributed by atoms with Crippen LogP contribution in [-0.2, 0) is 13.2 Å². The highest BCUT2D eigenvalue weighted by molar-refractivity contribution is 9.10. The van der Waals surface area contributed by atoms with E-state index in [4.69, 9.17) is 32.7 Å². The van der Waals surface area contributed by atoms with Crippen molar-refractivity contribution in [2.24, 2.45) is 0 Å². The van der Waals surface area contributed by atoms with E-state index in [1.165, 1.54) is 0 Å². The minimum atomic E-state index is -0.413. The lowest BCUT2D eigenvalue weighted by atomic mass is 10.1. The molecule has 0 aliphatic heterocycles. The Kier molecular flexibility index (Phi) is 7.62. The molecule has 0 atom stereocenters. The highest BCUT2D eigenvalue weighted by Gasteiger charge is 2.20. The van der Waals surface area contributed by atoms with Crippen LogP contribution in [0.3, 0.4) is 0 Å². The maximum Gasteiger partial charge on any atom is 0.167 e. The molecule has 0 bridgehead atoms. The summed E-state index contributed by atoms with van der Waals surface area (Å²) in [5, 5.41) is 13.8. The number of benzene rings is 2. The number of ether oxygens (including phenoxy) is 2. The molecule has 7 heteroatoms. The number of nitrogens with one attached hydrogen (secondary N) is 1. The first-order chi connectivity index (χ1) is 12.3. The molecule has 2 aromatic carbocycles. The third-order valence-electron chi connectivity index (χ3n) is 3.89. The van der Waals surface area contributed by atoms with E-state index in [1.807, 2.05) is 32.0 Å². The SMILES string of the molecule is COc1ccc(Br)c(CNC(C)(C)CO)c1OCc1ccc(Cl)c(Cl)c1. The molecule has 0 saturated heterocycles. The number of aliphatic hydroxyl groups is 1. The predicted octanol–water partition coefficient (Wildman–Crippen LogP) is 5.20. The molecule has 0 aliphatic carbocycles. The summed E-state index contributed by atoms with van der Waals surface area (Å²) < 4.78 is 12.4. The summed E-state index contributed by atoms with van der Waals surface area (Å²) in [5.74, 6) is 1.26. The maximum absolute atomic E-state index is 9.46. The van der Waals surface area contributed by atoms with Crippen molar-refractivity contribution in [3.8, 4) is 11.5 Å². The fourth-order valence-corrected chi connectivity index (χ4v) is 3.01. The van der Waals surface area contributed by atoms with Gasteiger partial charge in [-0.05, 0) is 43.7 Å². The van der Waals surface area contributed by atoms with Gasteiger partial charge in [-0.1, -0.05) is 45.2 Å². The Balaban J connectivity index is 2.26. The molecule has 0 fully saturated rings. The van der Waals surface area contributed by atoms with Crippen LogP contribution in [0, 0.1) is 0 Å². The second kappa shape index (κ2) is 9.29. The fourth-order valence-electron chi connectivity index (χ4n) is 2.23. The molecular weight excluding hydrogens is 441 g/mol. The number of halogens is 3. The average Bonchev–Trinajstić information content (AvgIpc) is 2.62. The molecule has 0 amide bonds. The Hall–Kier alpha value is -0.980. The summed E-state index contributed by atoms with van der Waals surface area (Å²) in [5.41, 5.74) is 1.39. The van der Waals surface area contributed by atoms with E-state index in [9.17, 15) is 5.11 Å². The summed E-state index contributed by atoms with van der Waals surface area (Å²) in [6, 6.07) is 9.14. The van der Waals surface area contributed by atoms with Crippen LogP contribution in [0.2, 0.25) is 10.0 Å². The van der Waals surface area contributed by atoms with Crippen molar-refractivity contribution in [1.82, 2.24) is 5.32 Å². The molecule has 4 nitrogen and oxygen atoms in total. The van der Waals surface area contributed by atoms with Crippen LogP contribution < -0.4 is 14.8 Å². The average molecular weight is 463 g/mol. The minimum Gasteiger partial charge on any atom is -0.493 e. The number of methoxy groups -OCH3 is 1. The maximum atomic E-state index is 9.46. The molecular formula is C19H22BrCl2NO3. The smallest absolute Gasteiger partial charge is 0.167 e. The van der Waals surface area contributed by atoms with E-state index in [2.05, 4.69) is 21.2 Å². The third-order valence-corrected chi connectivity index (χ3v) is 5.38. The third kappa shape index (κ3) is 5.51. The predicted molar refractivity (Wildman–Crippen MR) is 109 cm³/mol. The van der Waals surface area contributed by atoms with Crippen molar-refractivity contribution in [3.05, 3.63) is 56.0 Å². The van der Waals surface area contributed by atoms with Crippen molar-refractivity contribution in [2.45, 2.75) is 32.5 Å². The molecule has 0 aliphatic rings. The van der Waals surface area contributed by atoms with Gasteiger partial charge in [0.25, 0.3) is 0 Å². The first-order valence-corrected chi connectivity index (χ1v) is 9.60. The quantitative estimate of drug-likeness (QED) is 0.565. The first kappa shape index (κ1) is 21.3. The van der Waals surface area contributed by atoms with Crippen molar-refractivity contribution in [2.75, 3.05) is 13.7 Å². The summed E-state index contributed by atoms with van der Waals surface area (Å²) >= 11 is 15.6. The molecule has 2 N–H and O–H groups in total. The van der Waals surface area contributed by atoms with Crippen molar-refractivity contribution < 1.29 is 14.6 Å². The number of aliphatic hydroxyl groups excluding tert-OH is 1. The Morgan fingerprint density at radius 3 is 2.50 bits per heavy atom. The fraction of sp³-hybridized carbons (Fsp3) is 0.368. The summed E-state index contributed by atoms with van der Waals surface area (Å²) in [4.78, 5) is 0. The highest BCUT2D eigenvalue weighted by Crippen LogP contribution is 2.37. The van der Waals surface area contributed by atoms with Gasteiger partial charge >= 0.3 is 0 Å². The number of hydrogen-bond acceptors (Lipinski definition) is 4. The van der Waals surface area contributed by atoms with E-state index in [-0.39, 0.29) is 6.61 Å². The summed E-state index contributed by atoms with van der Waals surface area (Å²) in [6.45, 7) is 4.70. The first-order valence-electron chi connectivity index (χ1n) is 8.05. The summed E-state index contributed by atoms with van der Waals surface area (Å²) in [6.07, 6.45) is 0. The van der Waals surface area contributed by atoms with E-state index >= 15 is 0 Å². The lowest BCUT2D eigenvalue weighted by Crippen LogP contribution is -2.42. The number of rotatable bonds is 8. The van der Waals surface area contributed by atoms with Gasteiger partial charge in [-0.2, -0.15) is 0 Å². The molecule has 0 heterocycles. The molecule has 0 saturated carbocycles. The van der Waals surface area contributed by atoms with Crippen molar-refractivity contribution in [1.29, 1.82) is 0 Å². The molecule has 2 aromatic rings. The van der Waals surface area contributed by atoms with E-state index in [0.717, 1.165) is 15.6 Å². The molecule has 2 rings (SSSR count). The van der Waals surface area contributed by atoms with Crippen LogP contribution in [0.25, 0.3) is 0 Å². The van der Waals surface area contributed by atoms with Gasteiger partial charge in [-0.15, -0.1) is 0 Å². The largest absolute Gasteiger partial charge is 0.493 e. The van der Waals surface area contributed by atoms with Gasteiger partial charge in [0.15, 0.2) is 11.5 Å². The van der Waals surface area contributed by atoms with Gasteiger partial charge in [0.05, 0.1) is 23.8 Å². The standard InChI is InChI=1S/C19H22BrCl2NO3/c1-19(2,11-24)23-9-13-14(20)5-7-17(25-3)18(13)26-10-12-4-6-15(21)16(22)8-12/h4-8,23-24H,9-11H2,1-3H3. The lowest BCUT2D eigenvalue weighted by Gasteiger charge is -2.25. The molecule has 0 spiro atoms. The molecule has 142 valence electrons. The van der Waals surface area contributed by atoms with Gasteiger partial charge in [0, 0.05) is 22.1 Å². The van der Waals surface area contributed by atoms with Crippen LogP contribution in [0.1, 0.15) is 25.0 Å². The van der Waals surface area contributed by atoms with Gasteiger partial charge in [0.2, 0.25) is 0 Å². The number of hydrogen-bond donors (Lipinski definition) is 2. The van der Waals surface area contributed by atoms with Gasteiger partial charge < -0.3 is 19.9 Å². The zero-order valence-corrected chi connectivity index (χ0v) is 18.0. The Morgan fingerprint density at radius 1 is 1.15 bits per heavy atom. The van der Waals surface area contributed by atoms with Gasteiger partial charge in [0.1, 0.15) is 6.61 Å². The molecule has 0 aromatic heterocycles. The minimum absolute atomic E-state index is 0.0219. The Labute approximate surface area is 172 Å². The van der Waals surface area contributed by atoms with Crippen LogP contribution in [-0.4, -0.2) is 24.4 Å². The van der Waals surface area contributed by atoms with E-state index < -0.39 is 5.54 Å². The second-order valence-corrected chi connectivity index (χ2v) is 8.16. The topological polar surface area (TPSA) is 50.7 Å². The zero-order chi connectivity index (χ0) is 19.3. The molecule has 0 radical (unpaired) electrons. The summed E-state index contributed by atoms with van der Waals surface area (Å²) in [7, 11) is 1.60. The van der Waals surface area contributed by atoms with Crippen molar-refractivity contribution in [3.63, 3.8) is 0 Å². The monoisotopic (exact) mass is 461 g/mol. The normalized spacial score (nSPS) is 11.5. The Bertz CT molecular complexity index is 769. The molecule has 26 heavy (non-hydrogen) atoms. The van der Waals surface area contributed by atoms with Crippen molar-refractivity contribution >= 4 is 39.1 Å². The van der Waals surface area contributed by atoms with Crippen LogP contribution in [0.5, 0.6) is 11.5 Å². The van der Waals surface area contributed by atoms with E-state index in [1.54, 1.807) is 19.2 Å².